The lowest BCUT2D eigenvalue weighted by molar-refractivity contribution is 0.781. The molecule has 106 valence electrons. The summed E-state index contributed by atoms with van der Waals surface area (Å²) in [5.74, 6) is 0. The van der Waals surface area contributed by atoms with Crippen LogP contribution >= 0.6 is 0 Å². The molecule has 0 aliphatic rings. The van der Waals surface area contributed by atoms with E-state index >= 15 is 0 Å². The van der Waals surface area contributed by atoms with E-state index in [0.29, 0.717) is 0 Å². The van der Waals surface area contributed by atoms with Crippen LogP contribution in [0.25, 0.3) is 5.69 Å². The van der Waals surface area contributed by atoms with Crippen LogP contribution in [-0.4, -0.2) is 15.0 Å². The summed E-state index contributed by atoms with van der Waals surface area (Å²) < 4.78 is 1.80. The molecule has 1 atom stereocenters. The molecule has 1 heterocycles. The summed E-state index contributed by atoms with van der Waals surface area (Å²) >= 11 is 0. The van der Waals surface area contributed by atoms with E-state index in [-0.39, 0.29) is 6.04 Å². The third kappa shape index (κ3) is 3.11. The van der Waals surface area contributed by atoms with Gasteiger partial charge in [-0.2, -0.15) is 0 Å². The monoisotopic (exact) mass is 278 g/mol. The third-order valence-corrected chi connectivity index (χ3v) is 3.38. The predicted octanol–water partition coefficient (Wildman–Crippen LogP) is 3.75. The van der Waals surface area contributed by atoms with Gasteiger partial charge in [-0.1, -0.05) is 35.5 Å². The Morgan fingerprint density at radius 3 is 2.62 bits per heavy atom. The Kier molecular flexibility index (Phi) is 3.69. The van der Waals surface area contributed by atoms with Crippen molar-refractivity contribution in [3.8, 4) is 5.69 Å². The number of hydrogen-bond donors (Lipinski definition) is 1. The highest BCUT2D eigenvalue weighted by Crippen LogP contribution is 2.19. The van der Waals surface area contributed by atoms with E-state index in [1.54, 1.807) is 4.68 Å². The zero-order valence-corrected chi connectivity index (χ0v) is 12.2. The van der Waals surface area contributed by atoms with Gasteiger partial charge in [-0.25, -0.2) is 4.68 Å². The first-order chi connectivity index (χ1) is 10.2. The van der Waals surface area contributed by atoms with Crippen LogP contribution in [0.2, 0.25) is 0 Å². The Hall–Kier alpha value is -2.62. The van der Waals surface area contributed by atoms with E-state index in [9.17, 15) is 0 Å². The molecule has 0 fully saturated rings. The van der Waals surface area contributed by atoms with Gasteiger partial charge < -0.3 is 5.32 Å². The lowest BCUT2D eigenvalue weighted by atomic mass is 10.2. The van der Waals surface area contributed by atoms with Crippen molar-refractivity contribution in [3.05, 3.63) is 72.1 Å². The molecule has 0 amide bonds. The predicted molar refractivity (Wildman–Crippen MR) is 84.6 cm³/mol. The molecule has 0 radical (unpaired) electrons. The van der Waals surface area contributed by atoms with Crippen molar-refractivity contribution >= 4 is 5.69 Å². The molecule has 3 aromatic rings. The van der Waals surface area contributed by atoms with Crippen molar-refractivity contribution in [2.24, 2.45) is 0 Å². The summed E-state index contributed by atoms with van der Waals surface area (Å²) in [6, 6.07) is 18.4. The zero-order chi connectivity index (χ0) is 14.7. The first-order valence-electron chi connectivity index (χ1n) is 7.03. The molecule has 0 saturated heterocycles. The molecule has 0 aliphatic heterocycles. The van der Waals surface area contributed by atoms with E-state index in [0.717, 1.165) is 17.1 Å². The van der Waals surface area contributed by atoms with Crippen molar-refractivity contribution in [2.45, 2.75) is 19.9 Å². The third-order valence-electron chi connectivity index (χ3n) is 3.38. The second kappa shape index (κ2) is 5.79. The van der Waals surface area contributed by atoms with Crippen LogP contribution in [0, 0.1) is 6.92 Å². The molecular weight excluding hydrogens is 260 g/mol. The Morgan fingerprint density at radius 1 is 1.05 bits per heavy atom. The maximum atomic E-state index is 4.26. The van der Waals surface area contributed by atoms with Crippen LogP contribution in [0.1, 0.15) is 24.2 Å². The number of anilines is 1. The number of benzene rings is 2. The standard InChI is InChI=1S/C17H18N4/c1-13-7-6-8-15(11-13)18-14(2)17-12-21(20-19-17)16-9-4-3-5-10-16/h3-12,14,18H,1-2H3. The van der Waals surface area contributed by atoms with Gasteiger partial charge in [-0.15, -0.1) is 5.10 Å². The van der Waals surface area contributed by atoms with Crippen molar-refractivity contribution < 1.29 is 0 Å². The van der Waals surface area contributed by atoms with Crippen molar-refractivity contribution in [3.63, 3.8) is 0 Å². The van der Waals surface area contributed by atoms with Gasteiger partial charge in [0.1, 0.15) is 5.69 Å². The lowest BCUT2D eigenvalue weighted by Crippen LogP contribution is -2.07. The number of para-hydroxylation sites is 1. The first-order valence-corrected chi connectivity index (χ1v) is 7.03. The minimum atomic E-state index is 0.101. The molecule has 4 heteroatoms. The highest BCUT2D eigenvalue weighted by molar-refractivity contribution is 5.46. The second-order valence-corrected chi connectivity index (χ2v) is 5.16. The number of hydrogen-bond acceptors (Lipinski definition) is 3. The molecular formula is C17H18N4. The summed E-state index contributed by atoms with van der Waals surface area (Å²) in [4.78, 5) is 0. The van der Waals surface area contributed by atoms with Gasteiger partial charge in [-0.05, 0) is 43.7 Å². The maximum absolute atomic E-state index is 4.26. The summed E-state index contributed by atoms with van der Waals surface area (Å²) in [5.41, 5.74) is 4.26. The number of nitrogens with one attached hydrogen (secondary N) is 1. The van der Waals surface area contributed by atoms with Gasteiger partial charge >= 0.3 is 0 Å². The number of aryl methyl sites for hydroxylation is 1. The Balaban J connectivity index is 1.77. The van der Waals surface area contributed by atoms with Crippen molar-refractivity contribution in [1.82, 2.24) is 15.0 Å². The average Bonchev–Trinajstić information content (AvgIpc) is 2.98. The largest absolute Gasteiger partial charge is 0.377 e. The molecule has 1 aromatic heterocycles. The number of rotatable bonds is 4. The van der Waals surface area contributed by atoms with Gasteiger partial charge in [-0.3, -0.25) is 0 Å². The molecule has 1 unspecified atom stereocenters. The highest BCUT2D eigenvalue weighted by atomic mass is 15.4. The molecule has 0 spiro atoms. The molecule has 0 aliphatic carbocycles. The molecule has 0 saturated carbocycles. The SMILES string of the molecule is Cc1cccc(NC(C)c2cn(-c3ccccc3)nn2)c1. The fraction of sp³-hybridized carbons (Fsp3) is 0.176. The summed E-state index contributed by atoms with van der Waals surface area (Å²) in [6.07, 6.45) is 1.96. The number of aromatic nitrogens is 3. The summed E-state index contributed by atoms with van der Waals surface area (Å²) in [5, 5.41) is 11.9. The minimum Gasteiger partial charge on any atom is -0.377 e. The smallest absolute Gasteiger partial charge is 0.105 e. The Morgan fingerprint density at radius 2 is 1.86 bits per heavy atom. The van der Waals surface area contributed by atoms with E-state index in [1.807, 2.05) is 42.6 Å². The molecule has 4 nitrogen and oxygen atoms in total. The van der Waals surface area contributed by atoms with Crippen LogP contribution in [0.15, 0.2) is 60.8 Å². The van der Waals surface area contributed by atoms with E-state index < -0.39 is 0 Å². The molecule has 21 heavy (non-hydrogen) atoms. The van der Waals surface area contributed by atoms with Crippen molar-refractivity contribution in [1.29, 1.82) is 0 Å². The van der Waals surface area contributed by atoms with Crippen LogP contribution in [0.3, 0.4) is 0 Å². The molecule has 3 rings (SSSR count). The quantitative estimate of drug-likeness (QED) is 0.790. The average molecular weight is 278 g/mol. The van der Waals surface area contributed by atoms with Gasteiger partial charge in [0.15, 0.2) is 0 Å². The Labute approximate surface area is 124 Å². The van der Waals surface area contributed by atoms with Gasteiger partial charge in [0.2, 0.25) is 0 Å². The summed E-state index contributed by atoms with van der Waals surface area (Å²) in [6.45, 7) is 4.17. The molecule has 2 aromatic carbocycles. The van der Waals surface area contributed by atoms with Gasteiger partial charge in [0.05, 0.1) is 17.9 Å². The fourth-order valence-corrected chi connectivity index (χ4v) is 2.24. The Bertz CT molecular complexity index is 718. The second-order valence-electron chi connectivity index (χ2n) is 5.16. The van der Waals surface area contributed by atoms with E-state index in [4.69, 9.17) is 0 Å². The number of nitrogens with zero attached hydrogens (tertiary/aromatic N) is 3. The van der Waals surface area contributed by atoms with E-state index in [1.165, 1.54) is 5.56 Å². The van der Waals surface area contributed by atoms with Crippen LogP contribution in [-0.2, 0) is 0 Å². The molecule has 0 bridgehead atoms. The van der Waals surface area contributed by atoms with Crippen molar-refractivity contribution in [2.75, 3.05) is 5.32 Å². The van der Waals surface area contributed by atoms with Gasteiger partial charge in [0.25, 0.3) is 0 Å². The van der Waals surface area contributed by atoms with Crippen LogP contribution < -0.4 is 5.32 Å². The van der Waals surface area contributed by atoms with Crippen LogP contribution in [0.4, 0.5) is 5.69 Å². The summed E-state index contributed by atoms with van der Waals surface area (Å²) in [7, 11) is 0. The topological polar surface area (TPSA) is 42.7 Å². The van der Waals surface area contributed by atoms with E-state index in [2.05, 4.69) is 47.7 Å². The maximum Gasteiger partial charge on any atom is 0.105 e. The fourth-order valence-electron chi connectivity index (χ4n) is 2.24. The lowest BCUT2D eigenvalue weighted by Gasteiger charge is -2.12. The zero-order valence-electron chi connectivity index (χ0n) is 12.2. The van der Waals surface area contributed by atoms with Gasteiger partial charge in [0, 0.05) is 5.69 Å². The minimum absolute atomic E-state index is 0.101. The normalized spacial score (nSPS) is 12.1. The van der Waals surface area contributed by atoms with Crippen LogP contribution in [0.5, 0.6) is 0 Å². The molecule has 1 N–H and O–H groups in total. The highest BCUT2D eigenvalue weighted by Gasteiger charge is 2.10. The first kappa shape index (κ1) is 13.4.